The second-order valence-corrected chi connectivity index (χ2v) is 7.98. The molecule has 1 aliphatic heterocycles. The van der Waals surface area contributed by atoms with Crippen LogP contribution in [0.5, 0.6) is 0 Å². The number of aliphatic imine (C=N–C) groups is 1. The number of nitro benzene ring substituents is 1. The van der Waals surface area contributed by atoms with Gasteiger partial charge in [0, 0.05) is 50.5 Å². The smallest absolute Gasteiger partial charge is 0.284 e. The van der Waals surface area contributed by atoms with E-state index in [9.17, 15) is 19.8 Å². The number of nitrogens with zero attached hydrogens (tertiary/aromatic N) is 5. The number of nitroso groups, excluding NO2 is 1. The molecular formula is C22H25N5O5S. The van der Waals surface area contributed by atoms with Gasteiger partial charge >= 0.3 is 0 Å². The van der Waals surface area contributed by atoms with Crippen molar-refractivity contribution in [2.24, 2.45) is 10.2 Å². The van der Waals surface area contributed by atoms with Crippen molar-refractivity contribution < 1.29 is 14.5 Å². The SMILES string of the molecule is CC=O.CN=C(Sc1c(C=O)cc(C)cc1[N+](=O)[O-])N1CCN(c2ccc(N=O)cc2)CC1. The van der Waals surface area contributed by atoms with Gasteiger partial charge in [-0.25, -0.2) is 0 Å². The van der Waals surface area contributed by atoms with Gasteiger partial charge in [-0.15, -0.1) is 4.91 Å². The molecule has 10 nitrogen and oxygen atoms in total. The molecule has 0 atom stereocenters. The summed E-state index contributed by atoms with van der Waals surface area (Å²) in [7, 11) is 1.64. The molecular weight excluding hydrogens is 446 g/mol. The van der Waals surface area contributed by atoms with Crippen LogP contribution in [0, 0.1) is 21.9 Å². The Hall–Kier alpha value is -3.60. The van der Waals surface area contributed by atoms with E-state index in [1.54, 1.807) is 32.2 Å². The van der Waals surface area contributed by atoms with E-state index in [-0.39, 0.29) is 11.3 Å². The number of carbonyl (C=O) groups is 2. The van der Waals surface area contributed by atoms with Crippen molar-refractivity contribution in [3.63, 3.8) is 0 Å². The number of amidine groups is 1. The van der Waals surface area contributed by atoms with Gasteiger partial charge in [-0.05, 0) is 66.7 Å². The standard InChI is InChI=1S/C20H21N5O4S.C2H4O/c1-14-11-15(13-26)19(18(12-14)25(28)29)30-20(21-2)24-9-7-23(8-10-24)17-5-3-16(22-27)4-6-17;1-2-3/h3-6,11-13H,7-10H2,1-2H3;2H,1H3. The zero-order valence-corrected chi connectivity index (χ0v) is 19.4. The maximum atomic E-state index is 11.5. The molecule has 0 N–H and O–H groups in total. The van der Waals surface area contributed by atoms with Crippen LogP contribution in [-0.4, -0.2) is 60.8 Å². The number of benzene rings is 2. The summed E-state index contributed by atoms with van der Waals surface area (Å²) < 4.78 is 0. The third kappa shape index (κ3) is 6.69. The summed E-state index contributed by atoms with van der Waals surface area (Å²) in [6.07, 6.45) is 1.39. The fourth-order valence-corrected chi connectivity index (χ4v) is 4.39. The van der Waals surface area contributed by atoms with Crippen LogP contribution < -0.4 is 4.90 Å². The quantitative estimate of drug-likeness (QED) is 0.121. The number of thioether (sulfide) groups is 1. The lowest BCUT2D eigenvalue weighted by molar-refractivity contribution is -0.387. The van der Waals surface area contributed by atoms with Gasteiger partial charge in [0.2, 0.25) is 0 Å². The van der Waals surface area contributed by atoms with E-state index in [1.165, 1.54) is 13.0 Å². The van der Waals surface area contributed by atoms with Crippen molar-refractivity contribution in [1.82, 2.24) is 4.90 Å². The first-order valence-corrected chi connectivity index (χ1v) is 10.9. The number of piperazine rings is 1. The lowest BCUT2D eigenvalue weighted by Crippen LogP contribution is -2.48. The van der Waals surface area contributed by atoms with E-state index in [4.69, 9.17) is 4.79 Å². The Labute approximate surface area is 195 Å². The average Bonchev–Trinajstić information content (AvgIpc) is 2.83. The summed E-state index contributed by atoms with van der Waals surface area (Å²) in [5.74, 6) is 0. The summed E-state index contributed by atoms with van der Waals surface area (Å²) in [4.78, 5) is 50.8. The normalized spacial score (nSPS) is 13.6. The van der Waals surface area contributed by atoms with Crippen LogP contribution in [0.3, 0.4) is 0 Å². The Morgan fingerprint density at radius 3 is 2.21 bits per heavy atom. The number of anilines is 1. The monoisotopic (exact) mass is 471 g/mol. The zero-order valence-electron chi connectivity index (χ0n) is 18.6. The lowest BCUT2D eigenvalue weighted by atomic mass is 10.1. The molecule has 2 aromatic carbocycles. The number of hydrogen-bond donors (Lipinski definition) is 0. The number of carbonyl (C=O) groups excluding carboxylic acids is 2. The van der Waals surface area contributed by atoms with Crippen LogP contribution in [0.1, 0.15) is 22.8 Å². The molecule has 0 bridgehead atoms. The highest BCUT2D eigenvalue weighted by Crippen LogP contribution is 2.35. The molecule has 0 aromatic heterocycles. The minimum atomic E-state index is -0.467. The summed E-state index contributed by atoms with van der Waals surface area (Å²) in [6.45, 7) is 5.96. The van der Waals surface area contributed by atoms with Crippen molar-refractivity contribution in [3.05, 3.63) is 62.5 Å². The van der Waals surface area contributed by atoms with Crippen LogP contribution in [0.15, 0.2) is 51.5 Å². The largest absolute Gasteiger partial charge is 0.368 e. The first kappa shape index (κ1) is 25.7. The predicted molar refractivity (Wildman–Crippen MR) is 130 cm³/mol. The van der Waals surface area contributed by atoms with E-state index in [0.717, 1.165) is 36.8 Å². The molecule has 0 spiro atoms. The number of hydrogen-bond acceptors (Lipinski definition) is 9. The molecule has 0 radical (unpaired) electrons. The van der Waals surface area contributed by atoms with Gasteiger partial charge in [0.15, 0.2) is 11.5 Å². The molecule has 0 aliphatic carbocycles. The summed E-state index contributed by atoms with van der Waals surface area (Å²) in [5.41, 5.74) is 2.25. The van der Waals surface area contributed by atoms with Gasteiger partial charge in [0.25, 0.3) is 5.69 Å². The molecule has 0 saturated carbocycles. The van der Waals surface area contributed by atoms with Gasteiger partial charge in [0.05, 0.1) is 4.92 Å². The van der Waals surface area contributed by atoms with E-state index >= 15 is 0 Å². The Kier molecular flexibility index (Phi) is 9.67. The summed E-state index contributed by atoms with van der Waals surface area (Å²) in [6, 6.07) is 10.2. The molecule has 11 heteroatoms. The minimum Gasteiger partial charge on any atom is -0.368 e. The zero-order chi connectivity index (χ0) is 24.4. The van der Waals surface area contributed by atoms with Crippen LogP contribution in [0.2, 0.25) is 0 Å². The molecule has 0 unspecified atom stereocenters. The van der Waals surface area contributed by atoms with Crippen molar-refractivity contribution >= 4 is 46.6 Å². The molecule has 2 aromatic rings. The number of nitro groups is 1. The Balaban J connectivity index is 0.00000122. The van der Waals surface area contributed by atoms with Gasteiger partial charge in [-0.3, -0.25) is 19.9 Å². The molecule has 1 fully saturated rings. The van der Waals surface area contributed by atoms with E-state index < -0.39 is 4.92 Å². The molecule has 33 heavy (non-hydrogen) atoms. The van der Waals surface area contributed by atoms with E-state index in [2.05, 4.69) is 20.0 Å². The maximum absolute atomic E-state index is 11.5. The van der Waals surface area contributed by atoms with Crippen molar-refractivity contribution in [1.29, 1.82) is 0 Å². The highest BCUT2D eigenvalue weighted by Gasteiger charge is 2.25. The van der Waals surface area contributed by atoms with Crippen molar-refractivity contribution in [2.45, 2.75) is 18.7 Å². The van der Waals surface area contributed by atoms with E-state index in [0.29, 0.717) is 40.7 Å². The van der Waals surface area contributed by atoms with Gasteiger partial charge in [-0.2, -0.15) is 0 Å². The fourth-order valence-electron chi connectivity index (χ4n) is 3.34. The topological polar surface area (TPSA) is 126 Å². The average molecular weight is 472 g/mol. The second-order valence-electron chi connectivity index (χ2n) is 7.00. The molecule has 0 amide bonds. The van der Waals surface area contributed by atoms with Crippen LogP contribution in [-0.2, 0) is 4.79 Å². The highest BCUT2D eigenvalue weighted by molar-refractivity contribution is 8.14. The Morgan fingerprint density at radius 1 is 1.12 bits per heavy atom. The third-order valence-electron chi connectivity index (χ3n) is 4.82. The first-order valence-electron chi connectivity index (χ1n) is 10.1. The number of aldehydes is 2. The van der Waals surface area contributed by atoms with Crippen molar-refractivity contribution in [2.75, 3.05) is 38.1 Å². The Morgan fingerprint density at radius 2 is 1.73 bits per heavy atom. The summed E-state index contributed by atoms with van der Waals surface area (Å²) in [5, 5.41) is 15.1. The van der Waals surface area contributed by atoms with Gasteiger partial charge < -0.3 is 14.6 Å². The fraction of sp³-hybridized carbons (Fsp3) is 0.318. The van der Waals surface area contributed by atoms with Crippen molar-refractivity contribution in [3.8, 4) is 0 Å². The van der Waals surface area contributed by atoms with Crippen LogP contribution in [0.4, 0.5) is 17.1 Å². The van der Waals surface area contributed by atoms with Crippen LogP contribution in [0.25, 0.3) is 0 Å². The second kappa shape index (κ2) is 12.4. The van der Waals surface area contributed by atoms with Crippen LogP contribution >= 0.6 is 11.8 Å². The van der Waals surface area contributed by atoms with E-state index in [1.807, 2.05) is 12.1 Å². The maximum Gasteiger partial charge on any atom is 0.284 e. The lowest BCUT2D eigenvalue weighted by Gasteiger charge is -2.37. The Bertz CT molecular complexity index is 1030. The molecule has 174 valence electrons. The van der Waals surface area contributed by atoms with Gasteiger partial charge in [-0.1, -0.05) is 0 Å². The third-order valence-corrected chi connectivity index (χ3v) is 6.09. The molecule has 1 aliphatic rings. The molecule has 3 rings (SSSR count). The van der Waals surface area contributed by atoms with Gasteiger partial charge in [0.1, 0.15) is 16.9 Å². The molecule has 1 saturated heterocycles. The molecule has 1 heterocycles. The first-order chi connectivity index (χ1) is 15.9. The number of rotatable bonds is 5. The predicted octanol–water partition coefficient (Wildman–Crippen LogP) is 4.22. The minimum absolute atomic E-state index is 0.0919. The summed E-state index contributed by atoms with van der Waals surface area (Å²) >= 11 is 1.15. The number of aryl methyl sites for hydroxylation is 1. The highest BCUT2D eigenvalue weighted by atomic mass is 32.2.